The van der Waals surface area contributed by atoms with Gasteiger partial charge in [0, 0.05) is 11.7 Å². The molecule has 0 aromatic rings. The predicted molar refractivity (Wildman–Crippen MR) is 46.2 cm³/mol. The summed E-state index contributed by atoms with van der Waals surface area (Å²) in [4.78, 5) is 4.27. The van der Waals surface area contributed by atoms with Crippen LogP contribution in [0, 0.1) is 0 Å². The molecule has 0 atom stereocenters. The number of allylic oxidation sites excluding steroid dienone is 2. The van der Waals surface area contributed by atoms with Gasteiger partial charge in [0.15, 0.2) is 0 Å². The van der Waals surface area contributed by atoms with E-state index in [2.05, 4.69) is 4.99 Å². The highest BCUT2D eigenvalue weighted by Crippen LogP contribution is 1.93. The molecule has 0 rings (SSSR count). The Bertz CT molecular complexity index is 155. The molecule has 0 saturated heterocycles. The Hall–Kier alpha value is -0.790. The molecule has 0 saturated carbocycles. The molecule has 0 bridgehead atoms. The van der Waals surface area contributed by atoms with Crippen molar-refractivity contribution in [3.63, 3.8) is 0 Å². The van der Waals surface area contributed by atoms with Crippen LogP contribution in [0.15, 0.2) is 16.8 Å². The summed E-state index contributed by atoms with van der Waals surface area (Å²) in [6.07, 6.45) is 1.86. The zero-order valence-electron chi connectivity index (χ0n) is 7.18. The van der Waals surface area contributed by atoms with Crippen LogP contribution in [-0.2, 0) is 0 Å². The van der Waals surface area contributed by atoms with E-state index in [0.29, 0.717) is 6.04 Å². The summed E-state index contributed by atoms with van der Waals surface area (Å²) in [6.45, 7) is 7.91. The van der Waals surface area contributed by atoms with Crippen LogP contribution in [0.1, 0.15) is 27.7 Å². The second-order valence-electron chi connectivity index (χ2n) is 2.55. The molecule has 0 aromatic carbocycles. The van der Waals surface area contributed by atoms with E-state index in [1.807, 2.05) is 33.8 Å². The molecule has 0 radical (unpaired) electrons. The molecule has 0 aliphatic rings. The summed E-state index contributed by atoms with van der Waals surface area (Å²) >= 11 is 0. The minimum Gasteiger partial charge on any atom is -0.398 e. The van der Waals surface area contributed by atoms with Crippen molar-refractivity contribution in [1.29, 1.82) is 0 Å². The molecule has 2 heteroatoms. The number of nitrogens with zero attached hydrogens (tertiary/aromatic N) is 1. The third-order valence-corrected chi connectivity index (χ3v) is 1.18. The zero-order chi connectivity index (χ0) is 8.15. The summed E-state index contributed by atoms with van der Waals surface area (Å²) in [7, 11) is 0. The fourth-order valence-electron chi connectivity index (χ4n) is 0.671. The normalized spacial score (nSPS) is 14.5. The molecule has 58 valence electrons. The average Bonchev–Trinajstić information content (AvgIpc) is 1.85. The van der Waals surface area contributed by atoms with Crippen molar-refractivity contribution in [2.24, 2.45) is 10.7 Å². The minimum atomic E-state index is 0.332. The molecule has 0 amide bonds. The first-order valence-electron chi connectivity index (χ1n) is 3.54. The highest BCUT2D eigenvalue weighted by Gasteiger charge is 1.94. The predicted octanol–water partition coefficient (Wildman–Crippen LogP) is 1.72. The van der Waals surface area contributed by atoms with Gasteiger partial charge in [-0.05, 0) is 27.7 Å². The summed E-state index contributed by atoms with van der Waals surface area (Å²) in [5.74, 6) is 0. The largest absolute Gasteiger partial charge is 0.398 e. The quantitative estimate of drug-likeness (QED) is 0.583. The van der Waals surface area contributed by atoms with Gasteiger partial charge in [-0.2, -0.15) is 0 Å². The first-order chi connectivity index (χ1) is 4.57. The second kappa shape index (κ2) is 4.09. The minimum absolute atomic E-state index is 0.332. The van der Waals surface area contributed by atoms with Gasteiger partial charge in [-0.25, -0.2) is 0 Å². The Morgan fingerprint density at radius 1 is 1.50 bits per heavy atom. The fraction of sp³-hybridized carbons (Fsp3) is 0.625. The van der Waals surface area contributed by atoms with Gasteiger partial charge in [-0.3, -0.25) is 4.99 Å². The molecule has 2 nitrogen and oxygen atoms in total. The van der Waals surface area contributed by atoms with E-state index in [-0.39, 0.29) is 0 Å². The van der Waals surface area contributed by atoms with Crippen molar-refractivity contribution in [1.82, 2.24) is 0 Å². The second-order valence-corrected chi connectivity index (χ2v) is 2.55. The van der Waals surface area contributed by atoms with Crippen LogP contribution < -0.4 is 5.73 Å². The molecule has 10 heavy (non-hydrogen) atoms. The summed E-state index contributed by atoms with van der Waals surface area (Å²) in [6, 6.07) is 0.332. The third-order valence-electron chi connectivity index (χ3n) is 1.18. The van der Waals surface area contributed by atoms with Crippen LogP contribution in [0.2, 0.25) is 0 Å². The SMILES string of the molecule is C/C=C(/N)C(C)=NC(C)C. The lowest BCUT2D eigenvalue weighted by Gasteiger charge is -2.01. The van der Waals surface area contributed by atoms with Crippen molar-refractivity contribution in [2.75, 3.05) is 0 Å². The fourth-order valence-corrected chi connectivity index (χ4v) is 0.671. The standard InChI is InChI=1S/C8H16N2/c1-5-8(9)7(4)10-6(2)3/h5-6H,9H2,1-4H3/b8-5+,10-7?. The summed E-state index contributed by atoms with van der Waals surface area (Å²) in [5.41, 5.74) is 7.30. The number of hydrogen-bond acceptors (Lipinski definition) is 2. The van der Waals surface area contributed by atoms with E-state index in [4.69, 9.17) is 5.73 Å². The summed E-state index contributed by atoms with van der Waals surface area (Å²) < 4.78 is 0. The Labute approximate surface area is 62.8 Å². The van der Waals surface area contributed by atoms with Gasteiger partial charge in [-0.15, -0.1) is 0 Å². The van der Waals surface area contributed by atoms with Gasteiger partial charge in [-0.1, -0.05) is 6.08 Å². The highest BCUT2D eigenvalue weighted by atomic mass is 14.8. The lowest BCUT2D eigenvalue weighted by molar-refractivity contribution is 0.834. The van der Waals surface area contributed by atoms with Gasteiger partial charge < -0.3 is 5.73 Å². The van der Waals surface area contributed by atoms with Crippen molar-refractivity contribution in [3.05, 3.63) is 11.8 Å². The van der Waals surface area contributed by atoms with E-state index in [1.54, 1.807) is 0 Å². The Kier molecular flexibility index (Phi) is 3.77. The van der Waals surface area contributed by atoms with E-state index < -0.39 is 0 Å². The molecule has 0 unspecified atom stereocenters. The first-order valence-corrected chi connectivity index (χ1v) is 3.54. The van der Waals surface area contributed by atoms with E-state index in [0.717, 1.165) is 11.4 Å². The van der Waals surface area contributed by atoms with Crippen LogP contribution in [-0.4, -0.2) is 11.8 Å². The number of hydrogen-bond donors (Lipinski definition) is 1. The van der Waals surface area contributed by atoms with Crippen molar-refractivity contribution < 1.29 is 0 Å². The summed E-state index contributed by atoms with van der Waals surface area (Å²) in [5, 5.41) is 0. The van der Waals surface area contributed by atoms with Gasteiger partial charge in [0.2, 0.25) is 0 Å². The van der Waals surface area contributed by atoms with Crippen LogP contribution in [0.25, 0.3) is 0 Å². The van der Waals surface area contributed by atoms with Crippen LogP contribution in [0.5, 0.6) is 0 Å². The maximum atomic E-state index is 5.60. The molecular formula is C8H16N2. The smallest absolute Gasteiger partial charge is 0.0546 e. The molecular weight excluding hydrogens is 124 g/mol. The highest BCUT2D eigenvalue weighted by molar-refractivity contribution is 5.97. The molecule has 0 spiro atoms. The third kappa shape index (κ3) is 3.28. The molecule has 0 heterocycles. The van der Waals surface area contributed by atoms with Crippen LogP contribution >= 0.6 is 0 Å². The zero-order valence-corrected chi connectivity index (χ0v) is 7.18. The number of rotatable bonds is 2. The first kappa shape index (κ1) is 9.21. The molecule has 0 aliphatic heterocycles. The average molecular weight is 140 g/mol. The molecule has 2 N–H and O–H groups in total. The lowest BCUT2D eigenvalue weighted by Crippen LogP contribution is -2.09. The molecule has 0 aromatic heterocycles. The number of aliphatic imine (C=N–C) groups is 1. The Morgan fingerprint density at radius 2 is 2.00 bits per heavy atom. The maximum absolute atomic E-state index is 5.60. The van der Waals surface area contributed by atoms with Gasteiger partial charge in [0.1, 0.15) is 0 Å². The van der Waals surface area contributed by atoms with Gasteiger partial charge in [0.05, 0.1) is 5.71 Å². The van der Waals surface area contributed by atoms with E-state index >= 15 is 0 Å². The molecule has 0 fully saturated rings. The van der Waals surface area contributed by atoms with E-state index in [1.165, 1.54) is 0 Å². The molecule has 0 aliphatic carbocycles. The maximum Gasteiger partial charge on any atom is 0.0546 e. The van der Waals surface area contributed by atoms with Crippen molar-refractivity contribution in [3.8, 4) is 0 Å². The van der Waals surface area contributed by atoms with Crippen LogP contribution in [0.3, 0.4) is 0 Å². The monoisotopic (exact) mass is 140 g/mol. The topological polar surface area (TPSA) is 38.4 Å². The van der Waals surface area contributed by atoms with Crippen LogP contribution in [0.4, 0.5) is 0 Å². The lowest BCUT2D eigenvalue weighted by atomic mass is 10.3. The Morgan fingerprint density at radius 3 is 2.30 bits per heavy atom. The van der Waals surface area contributed by atoms with Crippen molar-refractivity contribution in [2.45, 2.75) is 33.7 Å². The van der Waals surface area contributed by atoms with Gasteiger partial charge in [0.25, 0.3) is 0 Å². The number of nitrogens with two attached hydrogens (primary N) is 1. The van der Waals surface area contributed by atoms with Crippen molar-refractivity contribution >= 4 is 5.71 Å². The van der Waals surface area contributed by atoms with Gasteiger partial charge >= 0.3 is 0 Å². The van der Waals surface area contributed by atoms with E-state index in [9.17, 15) is 0 Å². The Balaban J connectivity index is 4.20.